The molecule has 2 N–H and O–H groups in total. The van der Waals surface area contributed by atoms with Crippen LogP contribution in [-0.4, -0.2) is 72.9 Å². The third kappa shape index (κ3) is 6.12. The zero-order valence-corrected chi connectivity index (χ0v) is 17.0. The highest BCUT2D eigenvalue weighted by atomic mass is 35.5. The van der Waals surface area contributed by atoms with E-state index < -0.39 is 0 Å². The van der Waals surface area contributed by atoms with Crippen molar-refractivity contribution in [1.82, 2.24) is 20.4 Å². The van der Waals surface area contributed by atoms with Crippen LogP contribution < -0.4 is 10.6 Å². The first-order valence-corrected chi connectivity index (χ1v) is 10.3. The second kappa shape index (κ2) is 9.78. The number of guanidine groups is 1. The third-order valence-corrected chi connectivity index (χ3v) is 5.06. The molecule has 0 unspecified atom stereocenters. The van der Waals surface area contributed by atoms with Gasteiger partial charge >= 0.3 is 0 Å². The maximum Gasteiger partial charge on any atom is 0.242 e. The van der Waals surface area contributed by atoms with E-state index >= 15 is 0 Å². The Morgan fingerprint density at radius 2 is 1.89 bits per heavy atom. The molecule has 28 heavy (non-hydrogen) atoms. The summed E-state index contributed by atoms with van der Waals surface area (Å²) in [5.41, 5.74) is 0.927. The van der Waals surface area contributed by atoms with Crippen LogP contribution in [0.2, 0.25) is 5.02 Å². The molecule has 0 atom stereocenters. The van der Waals surface area contributed by atoms with E-state index in [9.17, 15) is 9.59 Å². The Bertz CT molecular complexity index is 727. The topological polar surface area (TPSA) is 77.0 Å². The number of benzene rings is 1. The van der Waals surface area contributed by atoms with Crippen molar-refractivity contribution in [2.45, 2.75) is 32.2 Å². The Morgan fingerprint density at radius 3 is 2.54 bits per heavy atom. The minimum atomic E-state index is -0.0340. The molecule has 0 radical (unpaired) electrons. The van der Waals surface area contributed by atoms with Gasteiger partial charge in [0.05, 0.1) is 6.42 Å². The van der Waals surface area contributed by atoms with Crippen molar-refractivity contribution in [2.75, 3.05) is 39.3 Å². The molecule has 1 aromatic carbocycles. The maximum atomic E-state index is 12.6. The quantitative estimate of drug-likeness (QED) is 0.552. The average Bonchev–Trinajstić information content (AvgIpc) is 3.49. The smallest absolute Gasteiger partial charge is 0.242 e. The van der Waals surface area contributed by atoms with Crippen LogP contribution in [0.3, 0.4) is 0 Å². The molecule has 0 spiro atoms. The SMILES string of the molecule is CCNC(=NCC(=O)NC1CC1)N1CCN(C(=O)Cc2cccc(Cl)c2)CC1. The number of halogens is 1. The molecular weight excluding hydrogens is 378 g/mol. The van der Waals surface area contributed by atoms with E-state index in [4.69, 9.17) is 11.6 Å². The minimum Gasteiger partial charge on any atom is -0.357 e. The van der Waals surface area contributed by atoms with Crippen LogP contribution in [0.4, 0.5) is 0 Å². The van der Waals surface area contributed by atoms with Crippen LogP contribution in [0.5, 0.6) is 0 Å². The molecule has 3 rings (SSSR count). The normalized spacial score (nSPS) is 17.4. The molecule has 152 valence electrons. The van der Waals surface area contributed by atoms with E-state index in [0.29, 0.717) is 43.7 Å². The Morgan fingerprint density at radius 1 is 1.18 bits per heavy atom. The maximum absolute atomic E-state index is 12.6. The molecule has 2 fully saturated rings. The first-order chi connectivity index (χ1) is 13.5. The Labute approximate surface area is 171 Å². The summed E-state index contributed by atoms with van der Waals surface area (Å²) in [6.07, 6.45) is 2.50. The van der Waals surface area contributed by atoms with Gasteiger partial charge in [0.15, 0.2) is 5.96 Å². The predicted molar refractivity (Wildman–Crippen MR) is 110 cm³/mol. The Kier molecular flexibility index (Phi) is 7.14. The fourth-order valence-electron chi connectivity index (χ4n) is 3.17. The second-order valence-corrected chi connectivity index (χ2v) is 7.62. The van der Waals surface area contributed by atoms with Gasteiger partial charge in [-0.25, -0.2) is 4.99 Å². The van der Waals surface area contributed by atoms with Crippen LogP contribution in [0.15, 0.2) is 29.3 Å². The van der Waals surface area contributed by atoms with Gasteiger partial charge in [-0.1, -0.05) is 23.7 Å². The molecule has 2 aliphatic rings. The van der Waals surface area contributed by atoms with Gasteiger partial charge in [-0.05, 0) is 37.5 Å². The number of nitrogens with zero attached hydrogens (tertiary/aromatic N) is 3. The summed E-state index contributed by atoms with van der Waals surface area (Å²) in [4.78, 5) is 32.9. The third-order valence-electron chi connectivity index (χ3n) is 4.83. The van der Waals surface area contributed by atoms with Gasteiger partial charge in [0, 0.05) is 43.8 Å². The van der Waals surface area contributed by atoms with Gasteiger partial charge in [-0.15, -0.1) is 0 Å². The number of hydrogen-bond donors (Lipinski definition) is 2. The molecule has 0 aromatic heterocycles. The number of aliphatic imine (C=N–C) groups is 1. The molecule has 0 bridgehead atoms. The molecule has 1 aliphatic carbocycles. The summed E-state index contributed by atoms with van der Waals surface area (Å²) in [7, 11) is 0. The van der Waals surface area contributed by atoms with Crippen molar-refractivity contribution in [3.05, 3.63) is 34.9 Å². The summed E-state index contributed by atoms with van der Waals surface area (Å²) >= 11 is 6.00. The van der Waals surface area contributed by atoms with Gasteiger partial charge < -0.3 is 20.4 Å². The molecule has 1 aromatic rings. The lowest BCUT2D eigenvalue weighted by Crippen LogP contribution is -2.54. The average molecular weight is 406 g/mol. The van der Waals surface area contributed by atoms with Crippen LogP contribution >= 0.6 is 11.6 Å². The fraction of sp³-hybridized carbons (Fsp3) is 0.550. The summed E-state index contributed by atoms with van der Waals surface area (Å²) in [5, 5.41) is 6.84. The molecule has 1 heterocycles. The number of rotatable bonds is 6. The highest BCUT2D eigenvalue weighted by Crippen LogP contribution is 2.18. The van der Waals surface area contributed by atoms with Crippen LogP contribution in [0.25, 0.3) is 0 Å². The van der Waals surface area contributed by atoms with Crippen LogP contribution in [-0.2, 0) is 16.0 Å². The van der Waals surface area contributed by atoms with E-state index in [0.717, 1.165) is 30.9 Å². The van der Waals surface area contributed by atoms with Crippen molar-refractivity contribution in [1.29, 1.82) is 0 Å². The van der Waals surface area contributed by atoms with Gasteiger partial charge in [0.2, 0.25) is 11.8 Å². The molecule has 2 amide bonds. The van der Waals surface area contributed by atoms with Crippen molar-refractivity contribution in [3.8, 4) is 0 Å². The summed E-state index contributed by atoms with van der Waals surface area (Å²) < 4.78 is 0. The summed E-state index contributed by atoms with van der Waals surface area (Å²) in [6, 6.07) is 7.77. The molecule has 1 aliphatic heterocycles. The number of carbonyl (C=O) groups excluding carboxylic acids is 2. The first kappa shape index (κ1) is 20.5. The number of amides is 2. The van der Waals surface area contributed by atoms with Crippen molar-refractivity contribution in [2.24, 2.45) is 4.99 Å². The van der Waals surface area contributed by atoms with Crippen LogP contribution in [0, 0.1) is 0 Å². The van der Waals surface area contributed by atoms with E-state index in [1.807, 2.05) is 30.0 Å². The molecular formula is C20H28ClN5O2. The standard InChI is InChI=1S/C20H28ClN5O2/c1-2-22-20(23-14-18(27)24-17-6-7-17)26-10-8-25(9-11-26)19(28)13-15-4-3-5-16(21)12-15/h3-5,12,17H,2,6-11,13-14H2,1H3,(H,22,23)(H,24,27). The number of carbonyl (C=O) groups is 2. The van der Waals surface area contributed by atoms with Crippen molar-refractivity contribution in [3.63, 3.8) is 0 Å². The largest absolute Gasteiger partial charge is 0.357 e. The monoisotopic (exact) mass is 405 g/mol. The molecule has 1 saturated carbocycles. The first-order valence-electron chi connectivity index (χ1n) is 9.90. The Hall–Kier alpha value is -2.28. The fourth-order valence-corrected chi connectivity index (χ4v) is 3.39. The lowest BCUT2D eigenvalue weighted by molar-refractivity contribution is -0.131. The summed E-state index contributed by atoms with van der Waals surface area (Å²) in [6.45, 7) is 5.53. The zero-order chi connectivity index (χ0) is 19.9. The molecule has 7 nitrogen and oxygen atoms in total. The Balaban J connectivity index is 1.50. The highest BCUT2D eigenvalue weighted by Gasteiger charge is 2.25. The second-order valence-electron chi connectivity index (χ2n) is 7.19. The van der Waals surface area contributed by atoms with E-state index in [2.05, 4.69) is 20.5 Å². The van der Waals surface area contributed by atoms with Crippen molar-refractivity contribution >= 4 is 29.4 Å². The zero-order valence-electron chi connectivity index (χ0n) is 16.3. The summed E-state index contributed by atoms with van der Waals surface area (Å²) in [5.74, 6) is 0.802. The van der Waals surface area contributed by atoms with E-state index in [-0.39, 0.29) is 18.4 Å². The van der Waals surface area contributed by atoms with E-state index in [1.165, 1.54) is 0 Å². The van der Waals surface area contributed by atoms with Crippen LogP contribution in [0.1, 0.15) is 25.3 Å². The molecule has 8 heteroatoms. The van der Waals surface area contributed by atoms with E-state index in [1.54, 1.807) is 6.07 Å². The number of piperazine rings is 1. The van der Waals surface area contributed by atoms with Gasteiger partial charge in [0.1, 0.15) is 6.54 Å². The lowest BCUT2D eigenvalue weighted by Gasteiger charge is -2.36. The highest BCUT2D eigenvalue weighted by molar-refractivity contribution is 6.30. The predicted octanol–water partition coefficient (Wildman–Crippen LogP) is 1.27. The lowest BCUT2D eigenvalue weighted by atomic mass is 10.1. The number of hydrogen-bond acceptors (Lipinski definition) is 3. The van der Waals surface area contributed by atoms with Crippen molar-refractivity contribution < 1.29 is 9.59 Å². The molecule has 1 saturated heterocycles. The van der Waals surface area contributed by atoms with Gasteiger partial charge in [-0.3, -0.25) is 9.59 Å². The van der Waals surface area contributed by atoms with Gasteiger partial charge in [0.25, 0.3) is 0 Å². The minimum absolute atomic E-state index is 0.0340. The van der Waals surface area contributed by atoms with Gasteiger partial charge in [-0.2, -0.15) is 0 Å². The number of nitrogens with one attached hydrogen (secondary N) is 2.